The van der Waals surface area contributed by atoms with E-state index in [1.54, 1.807) is 0 Å². The van der Waals surface area contributed by atoms with Crippen molar-refractivity contribution in [1.82, 2.24) is 14.8 Å². The van der Waals surface area contributed by atoms with Crippen LogP contribution in [0.4, 0.5) is 4.39 Å². The van der Waals surface area contributed by atoms with E-state index in [0.717, 1.165) is 44.5 Å². The van der Waals surface area contributed by atoms with Crippen LogP contribution in [0.2, 0.25) is 0 Å². The van der Waals surface area contributed by atoms with E-state index in [9.17, 15) is 9.18 Å². The number of aromatic nitrogens is 1. The van der Waals surface area contributed by atoms with Crippen LogP contribution in [0, 0.1) is 5.82 Å². The third kappa shape index (κ3) is 5.02. The monoisotopic (exact) mass is 427 g/mol. The lowest BCUT2D eigenvalue weighted by molar-refractivity contribution is -0.118. The first-order valence-corrected chi connectivity index (χ1v) is 11.0. The number of nitrogens with one attached hydrogen (secondary N) is 1. The summed E-state index contributed by atoms with van der Waals surface area (Å²) in [5.41, 5.74) is 3.48. The zero-order valence-electron chi connectivity index (χ0n) is 17.0. The fourth-order valence-corrected chi connectivity index (χ4v) is 4.32. The first-order valence-electron chi connectivity index (χ1n) is 10.5. The molecule has 0 saturated carbocycles. The molecule has 1 saturated heterocycles. The smallest absolute Gasteiger partial charge is 0.235 e. The first-order chi connectivity index (χ1) is 14.6. The first kappa shape index (κ1) is 20.9. The second kappa shape index (κ2) is 9.63. The summed E-state index contributed by atoms with van der Waals surface area (Å²) in [6.45, 7) is 3.64. The molecule has 3 aromatic rings. The molecule has 0 aliphatic carbocycles. The van der Waals surface area contributed by atoms with Crippen molar-refractivity contribution in [2.24, 2.45) is 0 Å². The summed E-state index contributed by atoms with van der Waals surface area (Å²) in [4.78, 5) is 13.9. The summed E-state index contributed by atoms with van der Waals surface area (Å²) < 4.78 is 15.4. The van der Waals surface area contributed by atoms with Crippen molar-refractivity contribution in [3.8, 4) is 0 Å². The Labute approximate surface area is 181 Å². The molecule has 1 aliphatic heterocycles. The Morgan fingerprint density at radius 1 is 1.07 bits per heavy atom. The molecule has 30 heavy (non-hydrogen) atoms. The van der Waals surface area contributed by atoms with E-state index in [0.29, 0.717) is 12.6 Å². The van der Waals surface area contributed by atoms with Crippen molar-refractivity contribution >= 4 is 28.4 Å². The maximum Gasteiger partial charge on any atom is 0.235 e. The zero-order chi connectivity index (χ0) is 20.9. The number of hydrogen-bond donors (Lipinski definition) is 1. The van der Waals surface area contributed by atoms with Crippen LogP contribution >= 0.6 is 11.6 Å². The minimum atomic E-state index is -0.178. The Hall–Kier alpha value is -2.37. The number of carbonyl (C=O) groups excluding carboxylic acids is 1. The van der Waals surface area contributed by atoms with Gasteiger partial charge in [0.05, 0.1) is 0 Å². The summed E-state index contributed by atoms with van der Waals surface area (Å²) in [6.07, 6.45) is 5.36. The van der Waals surface area contributed by atoms with Gasteiger partial charge in [0, 0.05) is 43.9 Å². The fraction of sp³-hybridized carbons (Fsp3) is 0.375. The minimum Gasteiger partial charge on any atom is -0.351 e. The molecule has 4 rings (SSSR count). The Kier molecular flexibility index (Phi) is 6.70. The van der Waals surface area contributed by atoms with Crippen LogP contribution in [0.5, 0.6) is 0 Å². The number of likely N-dealkylation sites (tertiary alicyclic amines) is 1. The SMILES string of the molecule is O=C(CCl)NCc1ccc2ccn(C3CCN(CCc4ccc(F)cc4)CC3)c2c1. The molecule has 0 unspecified atom stereocenters. The summed E-state index contributed by atoms with van der Waals surface area (Å²) in [7, 11) is 0. The van der Waals surface area contributed by atoms with Gasteiger partial charge < -0.3 is 14.8 Å². The Morgan fingerprint density at radius 3 is 2.53 bits per heavy atom. The van der Waals surface area contributed by atoms with Crippen molar-refractivity contribution in [3.63, 3.8) is 0 Å². The molecule has 0 spiro atoms. The average Bonchev–Trinajstić information content (AvgIpc) is 3.20. The van der Waals surface area contributed by atoms with Gasteiger partial charge in [-0.2, -0.15) is 0 Å². The molecule has 1 fully saturated rings. The number of carbonyl (C=O) groups is 1. The Morgan fingerprint density at radius 2 is 1.80 bits per heavy atom. The molecule has 2 aromatic carbocycles. The number of piperidine rings is 1. The number of rotatable bonds is 7. The predicted octanol–water partition coefficient (Wildman–Crippen LogP) is 4.52. The van der Waals surface area contributed by atoms with Gasteiger partial charge in [-0.25, -0.2) is 4.39 Å². The molecule has 1 aromatic heterocycles. The highest BCUT2D eigenvalue weighted by atomic mass is 35.5. The predicted molar refractivity (Wildman–Crippen MR) is 119 cm³/mol. The van der Waals surface area contributed by atoms with Gasteiger partial charge in [0.1, 0.15) is 11.7 Å². The topological polar surface area (TPSA) is 37.3 Å². The van der Waals surface area contributed by atoms with E-state index >= 15 is 0 Å². The summed E-state index contributed by atoms with van der Waals surface area (Å²) in [6, 6.07) is 15.8. The molecule has 6 heteroatoms. The van der Waals surface area contributed by atoms with Crippen LogP contribution in [0.25, 0.3) is 10.9 Å². The Bertz CT molecular complexity index is 993. The van der Waals surface area contributed by atoms with E-state index in [4.69, 9.17) is 11.6 Å². The van der Waals surface area contributed by atoms with Gasteiger partial charge in [-0.05, 0) is 60.0 Å². The summed E-state index contributed by atoms with van der Waals surface area (Å²) in [5.74, 6) is -0.346. The lowest BCUT2D eigenvalue weighted by Gasteiger charge is -2.33. The van der Waals surface area contributed by atoms with Crippen LogP contribution in [-0.4, -0.2) is 40.9 Å². The highest BCUT2D eigenvalue weighted by molar-refractivity contribution is 6.27. The van der Waals surface area contributed by atoms with Crippen LogP contribution in [0.15, 0.2) is 54.7 Å². The number of amides is 1. The van der Waals surface area contributed by atoms with Crippen molar-refractivity contribution in [2.45, 2.75) is 31.8 Å². The second-order valence-corrected chi connectivity index (χ2v) is 8.24. The molecular weight excluding hydrogens is 401 g/mol. The fourth-order valence-electron chi connectivity index (χ4n) is 4.23. The standard InChI is InChI=1S/C24H27ClFN3O/c25-16-24(30)27-17-19-1-4-20-8-14-29(23(20)15-19)22-9-12-28(13-10-22)11-7-18-2-5-21(26)6-3-18/h1-6,8,14-15,22H,7,9-13,16-17H2,(H,27,30). The number of alkyl halides is 1. The number of hydrogen-bond acceptors (Lipinski definition) is 2. The number of nitrogens with zero attached hydrogens (tertiary/aromatic N) is 2. The van der Waals surface area contributed by atoms with Gasteiger partial charge in [0.25, 0.3) is 0 Å². The summed E-state index contributed by atoms with van der Waals surface area (Å²) in [5, 5.41) is 4.06. The van der Waals surface area contributed by atoms with Gasteiger partial charge in [-0.15, -0.1) is 11.6 Å². The third-order valence-corrected chi connectivity index (χ3v) is 6.22. The van der Waals surface area contributed by atoms with Gasteiger partial charge in [0.2, 0.25) is 5.91 Å². The lowest BCUT2D eigenvalue weighted by Crippen LogP contribution is -2.35. The molecular formula is C24H27ClFN3O. The Balaban J connectivity index is 1.35. The minimum absolute atomic E-state index is 0.0155. The van der Waals surface area contributed by atoms with E-state index in [-0.39, 0.29) is 17.6 Å². The van der Waals surface area contributed by atoms with E-state index in [1.165, 1.54) is 28.6 Å². The highest BCUT2D eigenvalue weighted by Gasteiger charge is 2.21. The van der Waals surface area contributed by atoms with Gasteiger partial charge in [-0.1, -0.05) is 24.3 Å². The second-order valence-electron chi connectivity index (χ2n) is 7.98. The van der Waals surface area contributed by atoms with Gasteiger partial charge in [0.15, 0.2) is 0 Å². The third-order valence-electron chi connectivity index (χ3n) is 5.98. The average molecular weight is 428 g/mol. The van der Waals surface area contributed by atoms with Crippen LogP contribution < -0.4 is 5.32 Å². The summed E-state index contributed by atoms with van der Waals surface area (Å²) >= 11 is 5.56. The van der Waals surface area contributed by atoms with Crippen molar-refractivity contribution in [1.29, 1.82) is 0 Å². The van der Waals surface area contributed by atoms with Crippen LogP contribution in [-0.2, 0) is 17.8 Å². The molecule has 2 heterocycles. The van der Waals surface area contributed by atoms with Crippen molar-refractivity contribution in [2.75, 3.05) is 25.5 Å². The quantitative estimate of drug-likeness (QED) is 0.563. The van der Waals surface area contributed by atoms with E-state index < -0.39 is 0 Å². The van der Waals surface area contributed by atoms with E-state index in [1.807, 2.05) is 12.1 Å². The lowest BCUT2D eigenvalue weighted by atomic mass is 10.0. The zero-order valence-corrected chi connectivity index (χ0v) is 17.7. The molecule has 1 N–H and O–H groups in total. The number of halogens is 2. The number of benzene rings is 2. The van der Waals surface area contributed by atoms with Crippen molar-refractivity contribution < 1.29 is 9.18 Å². The van der Waals surface area contributed by atoms with Crippen molar-refractivity contribution in [3.05, 3.63) is 71.7 Å². The maximum absolute atomic E-state index is 13.1. The maximum atomic E-state index is 13.1. The molecule has 0 bridgehead atoms. The van der Waals surface area contributed by atoms with Crippen LogP contribution in [0.3, 0.4) is 0 Å². The highest BCUT2D eigenvalue weighted by Crippen LogP contribution is 2.28. The van der Waals surface area contributed by atoms with E-state index in [2.05, 4.69) is 45.2 Å². The normalized spacial score (nSPS) is 15.5. The molecule has 4 nitrogen and oxygen atoms in total. The molecule has 0 radical (unpaired) electrons. The van der Waals surface area contributed by atoms with Crippen LogP contribution in [0.1, 0.15) is 30.0 Å². The molecule has 1 amide bonds. The largest absolute Gasteiger partial charge is 0.351 e. The molecule has 158 valence electrons. The van der Waals surface area contributed by atoms with Gasteiger partial charge >= 0.3 is 0 Å². The van der Waals surface area contributed by atoms with Gasteiger partial charge in [-0.3, -0.25) is 4.79 Å². The molecule has 1 aliphatic rings. The molecule has 0 atom stereocenters. The number of fused-ring (bicyclic) bond motifs is 1.